The number of aliphatic hydroxyl groups excluding tert-OH is 1. The highest BCUT2D eigenvalue weighted by molar-refractivity contribution is 6.66. The van der Waals surface area contributed by atoms with Gasteiger partial charge in [0.2, 0.25) is 0 Å². The van der Waals surface area contributed by atoms with Crippen molar-refractivity contribution < 1.29 is 9.50 Å². The minimum atomic E-state index is -2.58. The van der Waals surface area contributed by atoms with Crippen molar-refractivity contribution in [3.8, 4) is 0 Å². The van der Waals surface area contributed by atoms with Gasteiger partial charge in [-0.25, -0.2) is 0 Å². The summed E-state index contributed by atoms with van der Waals surface area (Å²) in [4.78, 5) is 0. The molecule has 0 aliphatic heterocycles. The fourth-order valence-corrected chi connectivity index (χ4v) is 0. The van der Waals surface area contributed by atoms with Gasteiger partial charge in [0, 0.05) is 7.11 Å². The lowest BCUT2D eigenvalue weighted by Crippen LogP contribution is -1.83. The zero-order chi connectivity index (χ0) is 6.50. The van der Waals surface area contributed by atoms with Gasteiger partial charge in [0.1, 0.15) is 0 Å². The van der Waals surface area contributed by atoms with Gasteiger partial charge in [-0.3, -0.25) is 0 Å². The van der Waals surface area contributed by atoms with Crippen LogP contribution in [0.4, 0.5) is 4.39 Å². The second-order valence-electron chi connectivity index (χ2n) is 0.429. The zero-order valence-electron chi connectivity index (χ0n) is 3.46. The summed E-state index contributed by atoms with van der Waals surface area (Å²) in [5.41, 5.74) is 0. The van der Waals surface area contributed by atoms with Crippen LogP contribution in [0.2, 0.25) is 0 Å². The van der Waals surface area contributed by atoms with E-state index in [9.17, 15) is 4.39 Å². The van der Waals surface area contributed by atoms with Crippen LogP contribution in [0.3, 0.4) is 0 Å². The number of aliphatic hydroxyl groups is 1. The molecule has 0 amide bonds. The van der Waals surface area contributed by atoms with Crippen molar-refractivity contribution in [2.24, 2.45) is 0 Å². The topological polar surface area (TPSA) is 20.2 Å². The van der Waals surface area contributed by atoms with E-state index in [1.54, 1.807) is 0 Å². The second-order valence-corrected chi connectivity index (χ2v) is 2.57. The number of halogens is 4. The van der Waals surface area contributed by atoms with Gasteiger partial charge in [-0.2, -0.15) is 4.39 Å². The monoisotopic (exact) mass is 168 g/mol. The highest BCUT2D eigenvalue weighted by atomic mass is 35.6. The first-order valence-corrected chi connectivity index (χ1v) is 2.34. The van der Waals surface area contributed by atoms with E-state index in [1.165, 1.54) is 0 Å². The molecular formula is C2H4Cl3FO. The van der Waals surface area contributed by atoms with Crippen molar-refractivity contribution in [3.63, 3.8) is 0 Å². The van der Waals surface area contributed by atoms with Crippen LogP contribution in [0.15, 0.2) is 0 Å². The lowest BCUT2D eigenvalue weighted by Gasteiger charge is -1.89. The molecule has 0 rings (SSSR count). The van der Waals surface area contributed by atoms with E-state index in [0.717, 1.165) is 7.11 Å². The Balaban J connectivity index is 0. The maximum Gasteiger partial charge on any atom is 0.333 e. The molecule has 0 fully saturated rings. The average Bonchev–Trinajstić information content (AvgIpc) is 1.36. The van der Waals surface area contributed by atoms with Gasteiger partial charge in [0.15, 0.2) is 0 Å². The fourth-order valence-electron chi connectivity index (χ4n) is 0. The molecule has 1 N–H and O–H groups in total. The van der Waals surface area contributed by atoms with Crippen LogP contribution in [-0.4, -0.2) is 16.3 Å². The summed E-state index contributed by atoms with van der Waals surface area (Å²) in [5.74, 6) is 0. The molecule has 0 aliphatic rings. The predicted molar refractivity (Wildman–Crippen MR) is 29.5 cm³/mol. The maximum absolute atomic E-state index is 11.0. The van der Waals surface area contributed by atoms with Crippen molar-refractivity contribution in [1.82, 2.24) is 0 Å². The summed E-state index contributed by atoms with van der Waals surface area (Å²) in [6.45, 7) is 0. The van der Waals surface area contributed by atoms with Crippen molar-refractivity contribution in [2.45, 2.75) is 4.05 Å². The van der Waals surface area contributed by atoms with Crippen LogP contribution in [0, 0.1) is 0 Å². The molecule has 46 valence electrons. The lowest BCUT2D eigenvalue weighted by molar-refractivity contribution is 0.399. The molecule has 0 saturated heterocycles. The molecule has 7 heavy (non-hydrogen) atoms. The number of alkyl halides is 4. The molecule has 1 nitrogen and oxygen atoms in total. The Labute approximate surface area is 56.0 Å². The van der Waals surface area contributed by atoms with E-state index in [-0.39, 0.29) is 0 Å². The van der Waals surface area contributed by atoms with Crippen LogP contribution in [-0.2, 0) is 0 Å². The van der Waals surface area contributed by atoms with E-state index in [2.05, 4.69) is 34.8 Å². The molecule has 0 aromatic rings. The van der Waals surface area contributed by atoms with Gasteiger partial charge in [-0.05, 0) is 34.8 Å². The molecule has 0 aromatic carbocycles. The minimum Gasteiger partial charge on any atom is -0.400 e. The van der Waals surface area contributed by atoms with Gasteiger partial charge < -0.3 is 5.11 Å². The summed E-state index contributed by atoms with van der Waals surface area (Å²) in [7, 11) is 1.00. The molecular weight excluding hydrogens is 165 g/mol. The molecule has 5 heteroatoms. The zero-order valence-corrected chi connectivity index (χ0v) is 5.73. The first-order valence-electron chi connectivity index (χ1n) is 1.20. The van der Waals surface area contributed by atoms with Gasteiger partial charge in [0.25, 0.3) is 0 Å². The Hall–Kier alpha value is 0.760. The SMILES string of the molecule is CO.FC(Cl)(Cl)Cl. The standard InChI is InChI=1S/CCl3F.CH4O/c2-1(3,4)5;1-2/h;2H,1H3. The number of hydrogen-bond donors (Lipinski definition) is 1. The first-order chi connectivity index (χ1) is 3.00. The third kappa shape index (κ3) is 265. The third-order valence-corrected chi connectivity index (χ3v) is 0. The van der Waals surface area contributed by atoms with Gasteiger partial charge in [-0.1, -0.05) is 0 Å². The summed E-state index contributed by atoms with van der Waals surface area (Å²) in [5, 5.41) is 7.00. The molecule has 0 saturated carbocycles. The highest BCUT2D eigenvalue weighted by Gasteiger charge is 2.14. The van der Waals surface area contributed by atoms with E-state index in [0.29, 0.717) is 0 Å². The summed E-state index contributed by atoms with van der Waals surface area (Å²) >= 11 is 13.2. The molecule has 0 unspecified atom stereocenters. The third-order valence-electron chi connectivity index (χ3n) is 0. The van der Waals surface area contributed by atoms with Crippen molar-refractivity contribution in [3.05, 3.63) is 0 Å². The van der Waals surface area contributed by atoms with Gasteiger partial charge >= 0.3 is 4.05 Å². The Bertz CT molecular complexity index is 28.4. The summed E-state index contributed by atoms with van der Waals surface area (Å²) in [6, 6.07) is 0. The Kier molecular flexibility index (Phi) is 7.49. The van der Waals surface area contributed by atoms with Crippen LogP contribution in [0.1, 0.15) is 0 Å². The van der Waals surface area contributed by atoms with Crippen molar-refractivity contribution in [2.75, 3.05) is 7.11 Å². The molecule has 0 aromatic heterocycles. The van der Waals surface area contributed by atoms with Gasteiger partial charge in [0.05, 0.1) is 0 Å². The van der Waals surface area contributed by atoms with E-state index >= 15 is 0 Å². The Morgan fingerprint density at radius 1 is 1.29 bits per heavy atom. The quantitative estimate of drug-likeness (QED) is 0.549. The largest absolute Gasteiger partial charge is 0.400 e. The Morgan fingerprint density at radius 3 is 1.29 bits per heavy atom. The average molecular weight is 169 g/mol. The molecule has 0 atom stereocenters. The number of rotatable bonds is 0. The summed E-state index contributed by atoms with van der Waals surface area (Å²) in [6.07, 6.45) is 0. The van der Waals surface area contributed by atoms with Gasteiger partial charge in [-0.15, -0.1) is 0 Å². The van der Waals surface area contributed by atoms with E-state index in [1.807, 2.05) is 0 Å². The molecule has 0 heterocycles. The maximum atomic E-state index is 11.0. The van der Waals surface area contributed by atoms with Crippen LogP contribution >= 0.6 is 34.8 Å². The Morgan fingerprint density at radius 2 is 1.29 bits per heavy atom. The highest BCUT2D eigenvalue weighted by Crippen LogP contribution is 2.26. The van der Waals surface area contributed by atoms with Crippen LogP contribution in [0.25, 0.3) is 0 Å². The van der Waals surface area contributed by atoms with Crippen LogP contribution < -0.4 is 0 Å². The smallest absolute Gasteiger partial charge is 0.333 e. The summed E-state index contributed by atoms with van der Waals surface area (Å²) < 4.78 is 8.40. The lowest BCUT2D eigenvalue weighted by atomic mass is 11.7. The van der Waals surface area contributed by atoms with Crippen LogP contribution in [0.5, 0.6) is 0 Å². The minimum absolute atomic E-state index is 1.00. The first kappa shape index (κ1) is 10.7. The normalized spacial score (nSPS) is 9.43. The molecule has 0 radical (unpaired) electrons. The van der Waals surface area contributed by atoms with Crippen molar-refractivity contribution in [1.29, 1.82) is 0 Å². The van der Waals surface area contributed by atoms with E-state index < -0.39 is 4.05 Å². The second kappa shape index (κ2) is 4.91. The molecule has 0 aliphatic carbocycles. The molecule has 0 spiro atoms. The van der Waals surface area contributed by atoms with Crippen molar-refractivity contribution >= 4 is 34.8 Å². The number of hydrogen-bond acceptors (Lipinski definition) is 1. The van der Waals surface area contributed by atoms with E-state index in [4.69, 9.17) is 5.11 Å². The molecule has 0 bridgehead atoms. The fraction of sp³-hybridized carbons (Fsp3) is 1.00. The predicted octanol–water partition coefficient (Wildman–Crippen LogP) is 1.89.